The molecule has 1 heterocycles. The van der Waals surface area contributed by atoms with Crippen LogP contribution in [0.4, 0.5) is 15.8 Å². The van der Waals surface area contributed by atoms with Gasteiger partial charge in [0.15, 0.2) is 0 Å². The molecule has 1 aliphatic rings. The number of benzene rings is 2. The van der Waals surface area contributed by atoms with E-state index in [2.05, 4.69) is 22.3 Å². The van der Waals surface area contributed by atoms with E-state index in [1.54, 1.807) is 17.0 Å². The fourth-order valence-corrected chi connectivity index (χ4v) is 3.91. The van der Waals surface area contributed by atoms with Crippen LogP contribution in [0.5, 0.6) is 0 Å². The molecule has 0 spiro atoms. The third-order valence-electron chi connectivity index (χ3n) is 5.23. The summed E-state index contributed by atoms with van der Waals surface area (Å²) < 4.78 is 13.3. The minimum Gasteiger partial charge on any atom is -0.362 e. The molecule has 2 aromatic carbocycles. The molecule has 1 N–H and O–H groups in total. The normalized spacial score (nSPS) is 13.9. The zero-order valence-corrected chi connectivity index (χ0v) is 18.0. The van der Waals surface area contributed by atoms with Crippen LogP contribution >= 0.6 is 0 Å². The van der Waals surface area contributed by atoms with Crippen molar-refractivity contribution in [2.75, 3.05) is 29.4 Å². The second-order valence-electron chi connectivity index (χ2n) is 8.66. The molecule has 0 bridgehead atoms. The van der Waals surface area contributed by atoms with Crippen LogP contribution in [0, 0.1) is 5.82 Å². The highest BCUT2D eigenvalue weighted by Crippen LogP contribution is 2.26. The number of nitrogens with zero attached hydrogens (tertiary/aromatic N) is 2. The summed E-state index contributed by atoms with van der Waals surface area (Å²) in [5, 5.41) is 2.77. The SMILES string of the molecule is CC(C)(C)N(C(=O)CNC(=O)CN1CCCCc2ccccc21)c1ccc(F)cc1. The van der Waals surface area contributed by atoms with Gasteiger partial charge in [0.2, 0.25) is 11.8 Å². The van der Waals surface area contributed by atoms with Gasteiger partial charge in [-0.3, -0.25) is 9.59 Å². The monoisotopic (exact) mass is 411 g/mol. The van der Waals surface area contributed by atoms with Gasteiger partial charge in [-0.25, -0.2) is 4.39 Å². The molecule has 2 amide bonds. The molecule has 0 saturated heterocycles. The molecule has 30 heavy (non-hydrogen) atoms. The number of fused-ring (bicyclic) bond motifs is 1. The van der Waals surface area contributed by atoms with Gasteiger partial charge < -0.3 is 15.1 Å². The first-order valence-corrected chi connectivity index (χ1v) is 10.4. The lowest BCUT2D eigenvalue weighted by Gasteiger charge is -2.36. The van der Waals surface area contributed by atoms with Crippen molar-refractivity contribution in [1.82, 2.24) is 5.32 Å². The van der Waals surface area contributed by atoms with Crippen LogP contribution in [0.2, 0.25) is 0 Å². The fourth-order valence-electron chi connectivity index (χ4n) is 3.91. The molecule has 0 atom stereocenters. The summed E-state index contributed by atoms with van der Waals surface area (Å²) in [6.45, 7) is 6.65. The maximum absolute atomic E-state index is 13.3. The highest BCUT2D eigenvalue weighted by atomic mass is 19.1. The third kappa shape index (κ3) is 5.38. The number of halogens is 1. The number of carbonyl (C=O) groups is 2. The number of para-hydroxylation sites is 1. The second kappa shape index (κ2) is 9.28. The molecule has 0 radical (unpaired) electrons. The Kier molecular flexibility index (Phi) is 6.75. The second-order valence-corrected chi connectivity index (χ2v) is 8.66. The number of amides is 2. The van der Waals surface area contributed by atoms with Gasteiger partial charge in [-0.15, -0.1) is 0 Å². The van der Waals surface area contributed by atoms with Gasteiger partial charge in [0.25, 0.3) is 0 Å². The molecule has 3 rings (SSSR count). The summed E-state index contributed by atoms with van der Waals surface area (Å²) in [6, 6.07) is 14.0. The number of carbonyl (C=O) groups excluding carboxylic acids is 2. The van der Waals surface area contributed by atoms with E-state index >= 15 is 0 Å². The lowest BCUT2D eigenvalue weighted by molar-refractivity contribution is -0.124. The van der Waals surface area contributed by atoms with Gasteiger partial charge in [-0.2, -0.15) is 0 Å². The van der Waals surface area contributed by atoms with E-state index in [0.717, 1.165) is 31.5 Å². The number of hydrogen-bond acceptors (Lipinski definition) is 3. The van der Waals surface area contributed by atoms with Crippen molar-refractivity contribution in [3.8, 4) is 0 Å². The molecule has 6 heteroatoms. The van der Waals surface area contributed by atoms with E-state index < -0.39 is 5.54 Å². The summed E-state index contributed by atoms with van der Waals surface area (Å²) in [6.07, 6.45) is 3.15. The van der Waals surface area contributed by atoms with Crippen molar-refractivity contribution in [3.05, 3.63) is 59.9 Å². The number of nitrogens with one attached hydrogen (secondary N) is 1. The molecule has 160 valence electrons. The van der Waals surface area contributed by atoms with Crippen molar-refractivity contribution in [2.45, 2.75) is 45.6 Å². The molecule has 0 saturated carbocycles. The summed E-state index contributed by atoms with van der Waals surface area (Å²) >= 11 is 0. The molecule has 0 aromatic heterocycles. The first kappa shape index (κ1) is 21.8. The van der Waals surface area contributed by atoms with Crippen molar-refractivity contribution >= 4 is 23.2 Å². The van der Waals surface area contributed by atoms with Gasteiger partial charge in [0.1, 0.15) is 5.82 Å². The number of hydrogen-bond donors (Lipinski definition) is 1. The lowest BCUT2D eigenvalue weighted by Crippen LogP contribution is -2.51. The van der Waals surface area contributed by atoms with Crippen molar-refractivity contribution in [3.63, 3.8) is 0 Å². The Balaban J connectivity index is 1.64. The minimum absolute atomic E-state index is 0.108. The smallest absolute Gasteiger partial charge is 0.246 e. The zero-order chi connectivity index (χ0) is 21.7. The first-order valence-electron chi connectivity index (χ1n) is 10.4. The maximum atomic E-state index is 13.3. The molecule has 5 nitrogen and oxygen atoms in total. The Bertz CT molecular complexity index is 890. The Morgan fingerprint density at radius 3 is 2.47 bits per heavy atom. The first-order chi connectivity index (χ1) is 14.3. The summed E-state index contributed by atoms with van der Waals surface area (Å²) in [7, 11) is 0. The number of aryl methyl sites for hydroxylation is 1. The molecular formula is C24H30FN3O2. The molecule has 0 aliphatic carbocycles. The fraction of sp³-hybridized carbons (Fsp3) is 0.417. The summed E-state index contributed by atoms with van der Waals surface area (Å²) in [5.74, 6) is -0.780. The largest absolute Gasteiger partial charge is 0.362 e. The third-order valence-corrected chi connectivity index (χ3v) is 5.23. The van der Waals surface area contributed by atoms with E-state index in [1.165, 1.54) is 17.7 Å². The Morgan fingerprint density at radius 1 is 1.07 bits per heavy atom. The van der Waals surface area contributed by atoms with Crippen molar-refractivity contribution in [2.24, 2.45) is 0 Å². The van der Waals surface area contributed by atoms with E-state index in [9.17, 15) is 14.0 Å². The van der Waals surface area contributed by atoms with Crippen molar-refractivity contribution in [1.29, 1.82) is 0 Å². The molecule has 0 fully saturated rings. The predicted octanol–water partition coefficient (Wildman–Crippen LogP) is 3.92. The standard InChI is InChI=1S/C24H30FN3O2/c1-24(2,3)28(20-13-11-19(25)12-14-20)23(30)16-26-22(29)17-27-15-7-6-9-18-8-4-5-10-21(18)27/h4-5,8,10-14H,6-7,9,15-17H2,1-3H3,(H,26,29). The van der Waals surface area contributed by atoms with Crippen LogP contribution in [0.1, 0.15) is 39.2 Å². The average molecular weight is 412 g/mol. The minimum atomic E-state index is -0.511. The quantitative estimate of drug-likeness (QED) is 0.812. The zero-order valence-electron chi connectivity index (χ0n) is 18.0. The van der Waals surface area contributed by atoms with Gasteiger partial charge in [0, 0.05) is 23.5 Å². The predicted molar refractivity (Wildman–Crippen MR) is 118 cm³/mol. The van der Waals surface area contributed by atoms with Gasteiger partial charge in [0.05, 0.1) is 13.1 Å². The van der Waals surface area contributed by atoms with Gasteiger partial charge in [-0.05, 0) is 75.9 Å². The number of anilines is 2. The van der Waals surface area contributed by atoms with Crippen LogP contribution in [-0.4, -0.2) is 37.0 Å². The number of rotatable bonds is 5. The Hall–Kier alpha value is -2.89. The maximum Gasteiger partial charge on any atom is 0.246 e. The van der Waals surface area contributed by atoms with E-state index in [0.29, 0.717) is 5.69 Å². The highest BCUT2D eigenvalue weighted by molar-refractivity contribution is 5.98. The van der Waals surface area contributed by atoms with E-state index in [1.807, 2.05) is 32.9 Å². The van der Waals surface area contributed by atoms with Gasteiger partial charge >= 0.3 is 0 Å². The van der Waals surface area contributed by atoms with Crippen LogP contribution in [-0.2, 0) is 16.0 Å². The molecule has 0 unspecified atom stereocenters. The van der Waals surface area contributed by atoms with Crippen LogP contribution in [0.25, 0.3) is 0 Å². The summed E-state index contributed by atoms with van der Waals surface area (Å²) in [4.78, 5) is 29.2. The summed E-state index contributed by atoms with van der Waals surface area (Å²) in [5.41, 5.74) is 2.45. The van der Waals surface area contributed by atoms with E-state index in [-0.39, 0.29) is 30.7 Å². The molecule has 1 aliphatic heterocycles. The van der Waals surface area contributed by atoms with Crippen LogP contribution in [0.15, 0.2) is 48.5 Å². The Labute approximate surface area is 177 Å². The average Bonchev–Trinajstić information content (AvgIpc) is 2.89. The lowest BCUT2D eigenvalue weighted by atomic mass is 10.0. The van der Waals surface area contributed by atoms with E-state index in [4.69, 9.17) is 0 Å². The topological polar surface area (TPSA) is 52.7 Å². The van der Waals surface area contributed by atoms with Gasteiger partial charge in [-0.1, -0.05) is 18.2 Å². The van der Waals surface area contributed by atoms with Crippen molar-refractivity contribution < 1.29 is 14.0 Å². The Morgan fingerprint density at radius 2 is 1.77 bits per heavy atom. The highest BCUT2D eigenvalue weighted by Gasteiger charge is 2.28. The molecule has 2 aromatic rings. The van der Waals surface area contributed by atoms with Crippen LogP contribution < -0.4 is 15.1 Å². The van der Waals surface area contributed by atoms with Crippen LogP contribution in [0.3, 0.4) is 0 Å². The molecular weight excluding hydrogens is 381 g/mol.